The second-order valence-corrected chi connectivity index (χ2v) is 3.48. The molecule has 0 radical (unpaired) electrons. The monoisotopic (exact) mass is 192 g/mol. The molecular formula is C7H16O4Si. The number of rotatable bonds is 0. The van der Waals surface area contributed by atoms with Crippen molar-refractivity contribution in [2.75, 3.05) is 6.61 Å². The molecule has 0 bridgehead atoms. The Hall–Kier alpha value is -0.813. The third kappa shape index (κ3) is 22.9. The number of carboxylic acid groups (broad SMARTS) is 2. The van der Waals surface area contributed by atoms with Crippen molar-refractivity contribution in [2.45, 2.75) is 18.9 Å². The zero-order valence-corrected chi connectivity index (χ0v) is 8.57. The predicted octanol–water partition coefficient (Wildman–Crippen LogP) is 1.32. The van der Waals surface area contributed by atoms with Crippen LogP contribution in [-0.4, -0.2) is 32.7 Å². The van der Waals surface area contributed by atoms with Gasteiger partial charge in [-0.1, -0.05) is 6.42 Å². The molecule has 0 amide bonds. The number of hydrogen-bond donors (Lipinski definition) is 2. The van der Waals surface area contributed by atoms with Crippen LogP contribution in [0, 0.1) is 0 Å². The van der Waals surface area contributed by atoms with Crippen molar-refractivity contribution in [1.82, 2.24) is 0 Å². The van der Waals surface area contributed by atoms with E-state index in [2.05, 4.69) is 13.2 Å². The molecule has 0 aliphatic carbocycles. The Morgan fingerprint density at radius 2 is 1.83 bits per heavy atom. The maximum atomic E-state index is 8.56. The average molecular weight is 192 g/mol. The maximum Gasteiger partial charge on any atom is 0.503 e. The summed E-state index contributed by atoms with van der Waals surface area (Å²) in [6, 6.07) is 1.42. The first-order valence-corrected chi connectivity index (χ1v) is 5.31. The van der Waals surface area contributed by atoms with Gasteiger partial charge < -0.3 is 14.6 Å². The summed E-state index contributed by atoms with van der Waals surface area (Å²) in [6.07, 6.45) is 0.916. The fourth-order valence-corrected chi connectivity index (χ4v) is 1.86. The third-order valence-corrected chi connectivity index (χ3v) is 2.44. The summed E-state index contributed by atoms with van der Waals surface area (Å²) in [7, 11) is 0.00849. The van der Waals surface area contributed by atoms with Gasteiger partial charge in [0.15, 0.2) is 9.76 Å². The SMILES string of the molecule is C1CC[SiH2]OC1.C=C.O=C(O)O. The van der Waals surface area contributed by atoms with Crippen LogP contribution in [0.1, 0.15) is 12.8 Å². The van der Waals surface area contributed by atoms with E-state index in [9.17, 15) is 0 Å². The molecule has 72 valence electrons. The molecule has 0 saturated carbocycles. The van der Waals surface area contributed by atoms with Crippen molar-refractivity contribution in [2.24, 2.45) is 0 Å². The molecule has 1 aliphatic heterocycles. The molecule has 1 aliphatic rings. The highest BCUT2D eigenvalue weighted by molar-refractivity contribution is 6.27. The Morgan fingerprint density at radius 3 is 1.92 bits per heavy atom. The highest BCUT2D eigenvalue weighted by atomic mass is 28.2. The van der Waals surface area contributed by atoms with Crippen molar-refractivity contribution < 1.29 is 19.4 Å². The third-order valence-electron chi connectivity index (χ3n) is 1.08. The van der Waals surface area contributed by atoms with Crippen LogP contribution in [0.2, 0.25) is 6.04 Å². The van der Waals surface area contributed by atoms with Gasteiger partial charge in [-0.15, -0.1) is 13.2 Å². The Bertz CT molecular complexity index is 88.1. The molecule has 5 heteroatoms. The molecule has 0 atom stereocenters. The van der Waals surface area contributed by atoms with Gasteiger partial charge >= 0.3 is 6.16 Å². The summed E-state index contributed by atoms with van der Waals surface area (Å²) in [6.45, 7) is 7.06. The van der Waals surface area contributed by atoms with Crippen molar-refractivity contribution in [3.8, 4) is 0 Å². The molecule has 12 heavy (non-hydrogen) atoms. The minimum Gasteiger partial charge on any atom is -0.450 e. The molecule has 0 spiro atoms. The lowest BCUT2D eigenvalue weighted by atomic mass is 10.4. The van der Waals surface area contributed by atoms with E-state index in [-0.39, 0.29) is 9.76 Å². The van der Waals surface area contributed by atoms with E-state index in [1.165, 1.54) is 18.9 Å². The molecule has 4 nitrogen and oxygen atoms in total. The minimum atomic E-state index is -1.83. The second kappa shape index (κ2) is 12.8. The molecule has 1 saturated heterocycles. The summed E-state index contributed by atoms with van der Waals surface area (Å²) >= 11 is 0. The summed E-state index contributed by atoms with van der Waals surface area (Å²) in [5, 5.41) is 13.9. The van der Waals surface area contributed by atoms with Gasteiger partial charge in [0, 0.05) is 6.61 Å². The average Bonchev–Trinajstić information content (AvgIpc) is 2.10. The molecule has 0 unspecified atom stereocenters. The Kier molecular flexibility index (Phi) is 14.7. The van der Waals surface area contributed by atoms with Crippen molar-refractivity contribution in [3.05, 3.63) is 13.2 Å². The molecule has 0 aromatic carbocycles. The molecule has 2 N–H and O–H groups in total. The lowest BCUT2D eigenvalue weighted by molar-refractivity contribution is 0.137. The van der Waals surface area contributed by atoms with Crippen LogP contribution >= 0.6 is 0 Å². The summed E-state index contributed by atoms with van der Waals surface area (Å²) in [4.78, 5) is 8.56. The van der Waals surface area contributed by atoms with Crippen LogP contribution < -0.4 is 0 Å². The van der Waals surface area contributed by atoms with E-state index in [4.69, 9.17) is 19.4 Å². The van der Waals surface area contributed by atoms with E-state index in [0.29, 0.717) is 0 Å². The van der Waals surface area contributed by atoms with E-state index >= 15 is 0 Å². The lowest BCUT2D eigenvalue weighted by Gasteiger charge is -2.07. The molecule has 1 rings (SSSR count). The van der Waals surface area contributed by atoms with Crippen LogP contribution in [0.25, 0.3) is 0 Å². The number of carbonyl (C=O) groups is 1. The van der Waals surface area contributed by atoms with Gasteiger partial charge in [-0.3, -0.25) is 0 Å². The fraction of sp³-hybridized carbons (Fsp3) is 0.571. The number of hydrogen-bond acceptors (Lipinski definition) is 2. The van der Waals surface area contributed by atoms with Crippen LogP contribution in [0.15, 0.2) is 13.2 Å². The summed E-state index contributed by atoms with van der Waals surface area (Å²) < 4.78 is 5.21. The van der Waals surface area contributed by atoms with Crippen molar-refractivity contribution in [3.63, 3.8) is 0 Å². The van der Waals surface area contributed by atoms with Crippen LogP contribution in [-0.2, 0) is 4.43 Å². The largest absolute Gasteiger partial charge is 0.503 e. The highest BCUT2D eigenvalue weighted by Gasteiger charge is 1.96. The normalized spacial score (nSPS) is 16.3. The Labute approximate surface area is 74.8 Å². The topological polar surface area (TPSA) is 66.8 Å². The predicted molar refractivity (Wildman–Crippen MR) is 50.4 cm³/mol. The zero-order chi connectivity index (χ0) is 9.82. The van der Waals surface area contributed by atoms with Gasteiger partial charge in [0.25, 0.3) is 0 Å². The first-order chi connectivity index (χ1) is 5.73. The van der Waals surface area contributed by atoms with Crippen LogP contribution in [0.3, 0.4) is 0 Å². The molecule has 0 aromatic rings. The Balaban J connectivity index is 0. The molecule has 1 heterocycles. The van der Waals surface area contributed by atoms with Gasteiger partial charge in [-0.25, -0.2) is 4.79 Å². The van der Waals surface area contributed by atoms with Gasteiger partial charge in [-0.2, -0.15) is 0 Å². The minimum absolute atomic E-state index is 0.00849. The summed E-state index contributed by atoms with van der Waals surface area (Å²) in [5.41, 5.74) is 0. The zero-order valence-electron chi connectivity index (χ0n) is 7.16. The van der Waals surface area contributed by atoms with Gasteiger partial charge in [0.1, 0.15) is 0 Å². The first kappa shape index (κ1) is 13.8. The van der Waals surface area contributed by atoms with Crippen molar-refractivity contribution in [1.29, 1.82) is 0 Å². The molecule has 0 aromatic heterocycles. The van der Waals surface area contributed by atoms with Crippen LogP contribution in [0.4, 0.5) is 4.79 Å². The van der Waals surface area contributed by atoms with Crippen LogP contribution in [0.5, 0.6) is 0 Å². The van der Waals surface area contributed by atoms with E-state index in [0.717, 1.165) is 6.61 Å². The standard InChI is InChI=1S/C4H10OSi.C2H4.CH2O3/c1-2-4-6-5-3-1;1-2;2-1(3)4/h1-4,6H2;1-2H2;(H2,2,3,4). The van der Waals surface area contributed by atoms with Crippen molar-refractivity contribution >= 4 is 15.9 Å². The van der Waals surface area contributed by atoms with E-state index in [1.807, 2.05) is 0 Å². The van der Waals surface area contributed by atoms with Gasteiger partial charge in [-0.05, 0) is 12.5 Å². The highest BCUT2D eigenvalue weighted by Crippen LogP contribution is 2.01. The summed E-state index contributed by atoms with van der Waals surface area (Å²) in [5.74, 6) is 0. The second-order valence-electron chi connectivity index (χ2n) is 1.96. The molecular weight excluding hydrogens is 176 g/mol. The lowest BCUT2D eigenvalue weighted by Crippen LogP contribution is -2.06. The smallest absolute Gasteiger partial charge is 0.450 e. The fourth-order valence-electron chi connectivity index (χ4n) is 0.687. The molecule has 1 fully saturated rings. The Morgan fingerprint density at radius 1 is 1.33 bits per heavy atom. The van der Waals surface area contributed by atoms with Gasteiger partial charge in [0.05, 0.1) is 0 Å². The van der Waals surface area contributed by atoms with E-state index in [1.54, 1.807) is 0 Å². The first-order valence-electron chi connectivity index (χ1n) is 3.73. The quantitative estimate of drug-likeness (QED) is 0.449. The maximum absolute atomic E-state index is 8.56. The van der Waals surface area contributed by atoms with E-state index < -0.39 is 6.16 Å². The van der Waals surface area contributed by atoms with Gasteiger partial charge in [0.2, 0.25) is 0 Å².